The molecule has 0 bridgehead atoms. The topological polar surface area (TPSA) is 52.6 Å². The molecule has 1 atom stereocenters. The zero-order chi connectivity index (χ0) is 13.1. The average molecular weight is 244 g/mol. The molecule has 0 aliphatic rings. The molecule has 0 N–H and O–H groups in total. The van der Waals surface area contributed by atoms with Gasteiger partial charge in [0.25, 0.3) is 0 Å². The highest BCUT2D eigenvalue weighted by Crippen LogP contribution is 2.07. The second-order valence-corrected chi connectivity index (χ2v) is 4.03. The first-order chi connectivity index (χ1) is 8.13. The molecule has 17 heavy (non-hydrogen) atoms. The van der Waals surface area contributed by atoms with Crippen LogP contribution in [0.5, 0.6) is 0 Å². The van der Waals surface area contributed by atoms with Crippen LogP contribution in [-0.2, 0) is 19.1 Å². The van der Waals surface area contributed by atoms with Gasteiger partial charge >= 0.3 is 11.9 Å². The molecular formula is C13H24O4. The van der Waals surface area contributed by atoms with Gasteiger partial charge in [0.2, 0.25) is 0 Å². The lowest BCUT2D eigenvalue weighted by atomic mass is 10.2. The maximum Gasteiger partial charge on any atom is 0.306 e. The van der Waals surface area contributed by atoms with E-state index in [9.17, 15) is 9.59 Å². The summed E-state index contributed by atoms with van der Waals surface area (Å²) in [6.07, 6.45) is 3.69. The Bertz CT molecular complexity index is 225. The minimum absolute atomic E-state index is 0.136. The van der Waals surface area contributed by atoms with Crippen molar-refractivity contribution in [3.63, 3.8) is 0 Å². The number of rotatable bonds is 9. The molecule has 0 rings (SSSR count). The molecule has 0 aromatic carbocycles. The van der Waals surface area contributed by atoms with E-state index in [-0.39, 0.29) is 18.0 Å². The van der Waals surface area contributed by atoms with Crippen molar-refractivity contribution < 1.29 is 19.1 Å². The Morgan fingerprint density at radius 3 is 2.12 bits per heavy atom. The number of hydrogen-bond donors (Lipinski definition) is 0. The summed E-state index contributed by atoms with van der Waals surface area (Å²) in [4.78, 5) is 22.4. The van der Waals surface area contributed by atoms with E-state index in [1.807, 2.05) is 20.8 Å². The first-order valence-electron chi connectivity index (χ1n) is 6.49. The third kappa shape index (κ3) is 8.72. The normalized spacial score (nSPS) is 11.9. The summed E-state index contributed by atoms with van der Waals surface area (Å²) in [5.41, 5.74) is 0. The minimum Gasteiger partial charge on any atom is -0.466 e. The number of ether oxygens (including phenoxy) is 2. The molecule has 0 spiro atoms. The van der Waals surface area contributed by atoms with Gasteiger partial charge in [0.1, 0.15) is 6.10 Å². The predicted molar refractivity (Wildman–Crippen MR) is 65.6 cm³/mol. The largest absolute Gasteiger partial charge is 0.466 e. The van der Waals surface area contributed by atoms with E-state index >= 15 is 0 Å². The summed E-state index contributed by atoms with van der Waals surface area (Å²) in [7, 11) is 0. The molecule has 0 aliphatic heterocycles. The van der Waals surface area contributed by atoms with Gasteiger partial charge in [-0.1, -0.05) is 20.8 Å². The summed E-state index contributed by atoms with van der Waals surface area (Å²) in [5.74, 6) is -0.346. The van der Waals surface area contributed by atoms with Gasteiger partial charge in [-0.25, -0.2) is 0 Å². The first-order valence-corrected chi connectivity index (χ1v) is 6.49. The summed E-state index contributed by atoms with van der Waals surface area (Å²) < 4.78 is 10.3. The van der Waals surface area contributed by atoms with Crippen LogP contribution in [0.3, 0.4) is 0 Å². The van der Waals surface area contributed by atoms with Crippen molar-refractivity contribution in [3.8, 4) is 0 Å². The van der Waals surface area contributed by atoms with Crippen LogP contribution in [0.15, 0.2) is 0 Å². The molecule has 0 radical (unpaired) electrons. The second kappa shape index (κ2) is 10.1. The molecule has 0 amide bonds. The Balaban J connectivity index is 3.74. The van der Waals surface area contributed by atoms with Gasteiger partial charge in [0, 0.05) is 19.3 Å². The van der Waals surface area contributed by atoms with Gasteiger partial charge < -0.3 is 9.47 Å². The quantitative estimate of drug-likeness (QED) is 0.585. The summed E-state index contributed by atoms with van der Waals surface area (Å²) >= 11 is 0. The van der Waals surface area contributed by atoms with E-state index in [2.05, 4.69) is 0 Å². The molecule has 0 saturated carbocycles. The van der Waals surface area contributed by atoms with Gasteiger partial charge in [-0.05, 0) is 19.3 Å². The fourth-order valence-electron chi connectivity index (χ4n) is 1.38. The predicted octanol–water partition coefficient (Wildman–Crippen LogP) is 2.84. The molecule has 0 aliphatic carbocycles. The fourth-order valence-corrected chi connectivity index (χ4v) is 1.38. The van der Waals surface area contributed by atoms with Crippen LogP contribution in [0.25, 0.3) is 0 Å². The highest BCUT2D eigenvalue weighted by molar-refractivity contribution is 5.69. The highest BCUT2D eigenvalue weighted by Gasteiger charge is 2.12. The molecule has 0 fully saturated rings. The number of hydrogen-bond acceptors (Lipinski definition) is 4. The third-order valence-corrected chi connectivity index (χ3v) is 2.36. The van der Waals surface area contributed by atoms with Crippen molar-refractivity contribution in [2.24, 2.45) is 0 Å². The van der Waals surface area contributed by atoms with Crippen LogP contribution >= 0.6 is 0 Å². The van der Waals surface area contributed by atoms with Crippen molar-refractivity contribution in [2.75, 3.05) is 6.61 Å². The molecule has 0 heterocycles. The Hall–Kier alpha value is -1.06. The van der Waals surface area contributed by atoms with Crippen LogP contribution in [0.1, 0.15) is 59.3 Å². The summed E-state index contributed by atoms with van der Waals surface area (Å²) in [5, 5.41) is 0. The molecule has 1 unspecified atom stereocenters. The van der Waals surface area contributed by atoms with Crippen molar-refractivity contribution in [1.82, 2.24) is 0 Å². The first kappa shape index (κ1) is 15.9. The fraction of sp³-hybridized carbons (Fsp3) is 0.846. The Morgan fingerprint density at radius 2 is 1.59 bits per heavy atom. The van der Waals surface area contributed by atoms with Gasteiger partial charge in [-0.15, -0.1) is 0 Å². The Labute approximate surface area is 104 Å². The van der Waals surface area contributed by atoms with E-state index in [1.165, 1.54) is 0 Å². The monoisotopic (exact) mass is 244 g/mol. The highest BCUT2D eigenvalue weighted by atomic mass is 16.6. The van der Waals surface area contributed by atoms with E-state index in [0.717, 1.165) is 19.3 Å². The van der Waals surface area contributed by atoms with E-state index < -0.39 is 0 Å². The van der Waals surface area contributed by atoms with Crippen molar-refractivity contribution in [3.05, 3.63) is 0 Å². The van der Waals surface area contributed by atoms with Crippen LogP contribution in [0.4, 0.5) is 0 Å². The average Bonchev–Trinajstić information content (AvgIpc) is 2.28. The number of esters is 2. The number of carbonyl (C=O) groups excluding carboxylic acids is 2. The lowest BCUT2D eigenvalue weighted by molar-refractivity contribution is -0.151. The molecular weight excluding hydrogens is 220 g/mol. The minimum atomic E-state index is -0.178. The van der Waals surface area contributed by atoms with Crippen molar-refractivity contribution >= 4 is 11.9 Å². The van der Waals surface area contributed by atoms with Gasteiger partial charge in [-0.2, -0.15) is 0 Å². The van der Waals surface area contributed by atoms with Crippen molar-refractivity contribution in [1.29, 1.82) is 0 Å². The number of carbonyl (C=O) groups is 2. The maximum absolute atomic E-state index is 11.3. The molecule has 4 heteroatoms. The SMILES string of the molecule is CCCC(=O)OCCC(CC)OC(=O)CCC. The molecule has 100 valence electrons. The molecule has 4 nitrogen and oxygen atoms in total. The third-order valence-electron chi connectivity index (χ3n) is 2.36. The van der Waals surface area contributed by atoms with Crippen molar-refractivity contribution in [2.45, 2.75) is 65.4 Å². The smallest absolute Gasteiger partial charge is 0.306 e. The maximum atomic E-state index is 11.3. The van der Waals surface area contributed by atoms with E-state index in [1.54, 1.807) is 0 Å². The molecule has 0 aromatic heterocycles. The van der Waals surface area contributed by atoms with Gasteiger partial charge in [0.05, 0.1) is 6.61 Å². The summed E-state index contributed by atoms with van der Waals surface area (Å²) in [6.45, 7) is 6.16. The Morgan fingerprint density at radius 1 is 1.00 bits per heavy atom. The van der Waals surface area contributed by atoms with Crippen LogP contribution in [-0.4, -0.2) is 24.6 Å². The van der Waals surface area contributed by atoms with Crippen LogP contribution < -0.4 is 0 Å². The van der Waals surface area contributed by atoms with Gasteiger partial charge in [-0.3, -0.25) is 9.59 Å². The van der Waals surface area contributed by atoms with Gasteiger partial charge in [0.15, 0.2) is 0 Å². The Kier molecular flexibility index (Phi) is 9.49. The van der Waals surface area contributed by atoms with E-state index in [4.69, 9.17) is 9.47 Å². The van der Waals surface area contributed by atoms with Crippen LogP contribution in [0, 0.1) is 0 Å². The lowest BCUT2D eigenvalue weighted by Gasteiger charge is -2.15. The van der Waals surface area contributed by atoms with Crippen LogP contribution in [0.2, 0.25) is 0 Å². The lowest BCUT2D eigenvalue weighted by Crippen LogP contribution is -2.20. The summed E-state index contributed by atoms with van der Waals surface area (Å²) in [6, 6.07) is 0. The standard InChI is InChI=1S/C13H24O4/c1-4-7-12(14)16-10-9-11(6-3)17-13(15)8-5-2/h11H,4-10H2,1-3H3. The zero-order valence-electron chi connectivity index (χ0n) is 11.2. The second-order valence-electron chi connectivity index (χ2n) is 4.03. The zero-order valence-corrected chi connectivity index (χ0v) is 11.2. The van der Waals surface area contributed by atoms with E-state index in [0.29, 0.717) is 25.9 Å². The molecule has 0 saturated heterocycles. The molecule has 0 aromatic rings.